The Labute approximate surface area is 148 Å². The molecule has 6 heteroatoms. The topological polar surface area (TPSA) is 68.0 Å². The first-order valence-electron chi connectivity index (χ1n) is 7.22. The van der Waals surface area contributed by atoms with Gasteiger partial charge in [-0.15, -0.1) is 24.8 Å². The SMILES string of the molecule is CC[C@]1(N)C[C@H]1c1ccc(NC(=O)c2ccncc2)cc1.Cl.Cl. The fraction of sp³-hybridized carbons (Fsp3) is 0.294. The molecule has 3 N–H and O–H groups in total. The molecule has 1 aliphatic carbocycles. The molecule has 0 aliphatic heterocycles. The third kappa shape index (κ3) is 4.22. The van der Waals surface area contributed by atoms with E-state index in [0.717, 1.165) is 18.5 Å². The van der Waals surface area contributed by atoms with Gasteiger partial charge < -0.3 is 11.1 Å². The summed E-state index contributed by atoms with van der Waals surface area (Å²) < 4.78 is 0. The van der Waals surface area contributed by atoms with Gasteiger partial charge in [0.25, 0.3) is 5.91 Å². The molecule has 1 saturated carbocycles. The second kappa shape index (κ2) is 7.77. The van der Waals surface area contributed by atoms with E-state index in [1.165, 1.54) is 5.56 Å². The quantitative estimate of drug-likeness (QED) is 0.878. The number of carbonyl (C=O) groups is 1. The zero-order chi connectivity index (χ0) is 14.9. The number of pyridine rings is 1. The molecule has 2 atom stereocenters. The Morgan fingerprint density at radius 2 is 1.83 bits per heavy atom. The van der Waals surface area contributed by atoms with Crippen LogP contribution in [0, 0.1) is 0 Å². The second-order valence-electron chi connectivity index (χ2n) is 5.66. The summed E-state index contributed by atoms with van der Waals surface area (Å²) >= 11 is 0. The molecular weight excluding hydrogens is 333 g/mol. The molecule has 23 heavy (non-hydrogen) atoms. The van der Waals surface area contributed by atoms with Gasteiger partial charge in [0.05, 0.1) is 0 Å². The van der Waals surface area contributed by atoms with E-state index in [0.29, 0.717) is 11.5 Å². The van der Waals surface area contributed by atoms with Crippen molar-refractivity contribution in [2.24, 2.45) is 5.73 Å². The maximum atomic E-state index is 12.0. The standard InChI is InChI=1S/C17H19N3O.2ClH/c1-2-17(18)11-15(17)12-3-5-14(6-4-12)20-16(21)13-7-9-19-10-8-13;;/h3-10,15H,2,11,18H2,1H3,(H,20,21);2*1H/t15-,17-;;/m0../s1. The second-order valence-corrected chi connectivity index (χ2v) is 5.66. The summed E-state index contributed by atoms with van der Waals surface area (Å²) in [6.45, 7) is 2.13. The van der Waals surface area contributed by atoms with Crippen molar-refractivity contribution in [3.8, 4) is 0 Å². The van der Waals surface area contributed by atoms with Gasteiger partial charge in [-0.25, -0.2) is 0 Å². The van der Waals surface area contributed by atoms with Crippen molar-refractivity contribution in [3.05, 3.63) is 59.9 Å². The minimum atomic E-state index is -0.127. The van der Waals surface area contributed by atoms with Crippen LogP contribution in [-0.2, 0) is 0 Å². The van der Waals surface area contributed by atoms with Crippen molar-refractivity contribution in [2.45, 2.75) is 31.2 Å². The van der Waals surface area contributed by atoms with Crippen LogP contribution in [0.2, 0.25) is 0 Å². The van der Waals surface area contributed by atoms with E-state index < -0.39 is 0 Å². The predicted molar refractivity (Wildman–Crippen MR) is 97.7 cm³/mol. The van der Waals surface area contributed by atoms with Gasteiger partial charge in [0.15, 0.2) is 0 Å². The van der Waals surface area contributed by atoms with Crippen molar-refractivity contribution >= 4 is 36.4 Å². The molecule has 3 rings (SSSR count). The van der Waals surface area contributed by atoms with Crippen molar-refractivity contribution < 1.29 is 4.79 Å². The van der Waals surface area contributed by atoms with E-state index in [4.69, 9.17) is 5.73 Å². The highest BCUT2D eigenvalue weighted by molar-refractivity contribution is 6.04. The number of amides is 1. The number of carbonyl (C=O) groups excluding carboxylic acids is 1. The van der Waals surface area contributed by atoms with Crippen LogP contribution in [-0.4, -0.2) is 16.4 Å². The van der Waals surface area contributed by atoms with Gasteiger partial charge in [-0.05, 0) is 42.7 Å². The molecule has 0 saturated heterocycles. The van der Waals surface area contributed by atoms with E-state index in [1.807, 2.05) is 12.1 Å². The van der Waals surface area contributed by atoms with Gasteiger partial charge in [-0.1, -0.05) is 19.1 Å². The van der Waals surface area contributed by atoms with Gasteiger partial charge in [-0.3, -0.25) is 9.78 Å². The van der Waals surface area contributed by atoms with Gasteiger partial charge in [0.2, 0.25) is 0 Å². The number of hydrogen-bond donors (Lipinski definition) is 2. The molecule has 0 spiro atoms. The Kier molecular flexibility index (Phi) is 6.57. The first-order chi connectivity index (χ1) is 10.1. The lowest BCUT2D eigenvalue weighted by atomic mass is 10.0. The molecule has 2 aromatic rings. The third-order valence-corrected chi connectivity index (χ3v) is 4.29. The number of benzene rings is 1. The minimum Gasteiger partial charge on any atom is -0.325 e. The zero-order valence-electron chi connectivity index (χ0n) is 12.9. The minimum absolute atomic E-state index is 0. The fourth-order valence-corrected chi connectivity index (χ4v) is 2.67. The molecular formula is C17H21Cl2N3O. The van der Waals surface area contributed by atoms with E-state index >= 15 is 0 Å². The molecule has 124 valence electrons. The Balaban J connectivity index is 0.00000132. The highest BCUT2D eigenvalue weighted by Crippen LogP contribution is 2.51. The number of nitrogens with zero attached hydrogens (tertiary/aromatic N) is 1. The lowest BCUT2D eigenvalue weighted by molar-refractivity contribution is 0.102. The van der Waals surface area contributed by atoms with E-state index in [2.05, 4.69) is 29.4 Å². The van der Waals surface area contributed by atoms with Crippen molar-refractivity contribution in [2.75, 3.05) is 5.32 Å². The average molecular weight is 354 g/mol. The average Bonchev–Trinajstić information content (AvgIpc) is 3.21. The van der Waals surface area contributed by atoms with Gasteiger partial charge in [0, 0.05) is 35.1 Å². The highest BCUT2D eigenvalue weighted by Gasteiger charge is 2.49. The summed E-state index contributed by atoms with van der Waals surface area (Å²) in [5.41, 5.74) is 8.86. The number of rotatable bonds is 4. The highest BCUT2D eigenvalue weighted by atomic mass is 35.5. The summed E-state index contributed by atoms with van der Waals surface area (Å²) in [4.78, 5) is 15.9. The first kappa shape index (κ1) is 19.4. The first-order valence-corrected chi connectivity index (χ1v) is 7.22. The van der Waals surface area contributed by atoms with Crippen LogP contribution in [0.1, 0.15) is 41.6 Å². The molecule has 0 bridgehead atoms. The van der Waals surface area contributed by atoms with E-state index in [1.54, 1.807) is 24.5 Å². The van der Waals surface area contributed by atoms with Crippen LogP contribution >= 0.6 is 24.8 Å². The molecule has 1 fully saturated rings. The van der Waals surface area contributed by atoms with E-state index in [9.17, 15) is 4.79 Å². The molecule has 1 aromatic carbocycles. The maximum Gasteiger partial charge on any atom is 0.255 e. The monoisotopic (exact) mass is 353 g/mol. The Morgan fingerprint density at radius 3 is 2.35 bits per heavy atom. The Hall–Kier alpha value is -1.62. The summed E-state index contributed by atoms with van der Waals surface area (Å²) in [6.07, 6.45) is 5.26. The van der Waals surface area contributed by atoms with Crippen LogP contribution < -0.4 is 11.1 Å². The molecule has 4 nitrogen and oxygen atoms in total. The number of aromatic nitrogens is 1. The third-order valence-electron chi connectivity index (χ3n) is 4.29. The lowest BCUT2D eigenvalue weighted by Crippen LogP contribution is -2.22. The lowest BCUT2D eigenvalue weighted by Gasteiger charge is -2.09. The molecule has 1 amide bonds. The number of nitrogens with one attached hydrogen (secondary N) is 1. The Morgan fingerprint density at radius 1 is 1.22 bits per heavy atom. The summed E-state index contributed by atoms with van der Waals surface area (Å²) in [5.74, 6) is 0.325. The van der Waals surface area contributed by atoms with Gasteiger partial charge >= 0.3 is 0 Å². The summed E-state index contributed by atoms with van der Waals surface area (Å²) in [5, 5.41) is 2.88. The maximum absolute atomic E-state index is 12.0. The van der Waals surface area contributed by atoms with Crippen LogP contribution in [0.3, 0.4) is 0 Å². The number of hydrogen-bond acceptors (Lipinski definition) is 3. The molecule has 1 aromatic heterocycles. The normalized spacial score (nSPS) is 21.6. The Bertz CT molecular complexity index is 649. The van der Waals surface area contributed by atoms with Crippen LogP contribution in [0.15, 0.2) is 48.8 Å². The van der Waals surface area contributed by atoms with E-state index in [-0.39, 0.29) is 36.3 Å². The van der Waals surface area contributed by atoms with Crippen LogP contribution in [0.25, 0.3) is 0 Å². The van der Waals surface area contributed by atoms with Crippen LogP contribution in [0.4, 0.5) is 5.69 Å². The number of halogens is 2. The van der Waals surface area contributed by atoms with Gasteiger partial charge in [0.1, 0.15) is 0 Å². The molecule has 0 unspecified atom stereocenters. The zero-order valence-corrected chi connectivity index (χ0v) is 14.5. The summed E-state index contributed by atoms with van der Waals surface area (Å²) in [7, 11) is 0. The van der Waals surface area contributed by atoms with Crippen LogP contribution in [0.5, 0.6) is 0 Å². The van der Waals surface area contributed by atoms with Crippen molar-refractivity contribution in [3.63, 3.8) is 0 Å². The summed E-state index contributed by atoms with van der Waals surface area (Å²) in [6, 6.07) is 11.4. The predicted octanol–water partition coefficient (Wildman–Crippen LogP) is 3.77. The largest absolute Gasteiger partial charge is 0.325 e. The molecule has 0 radical (unpaired) electrons. The molecule has 1 heterocycles. The van der Waals surface area contributed by atoms with Gasteiger partial charge in [-0.2, -0.15) is 0 Å². The molecule has 1 aliphatic rings. The smallest absolute Gasteiger partial charge is 0.255 e. The number of anilines is 1. The van der Waals surface area contributed by atoms with Crippen molar-refractivity contribution in [1.82, 2.24) is 4.98 Å². The number of nitrogens with two attached hydrogens (primary N) is 1. The fourth-order valence-electron chi connectivity index (χ4n) is 2.67. The van der Waals surface area contributed by atoms with Crippen molar-refractivity contribution in [1.29, 1.82) is 0 Å².